The van der Waals surface area contributed by atoms with E-state index in [9.17, 15) is 14.7 Å². The van der Waals surface area contributed by atoms with Crippen molar-refractivity contribution in [3.63, 3.8) is 0 Å². The average molecular weight is 288 g/mol. The van der Waals surface area contributed by atoms with Crippen LogP contribution >= 0.6 is 0 Å². The van der Waals surface area contributed by atoms with Gasteiger partial charge in [-0.1, -0.05) is 32.4 Å². The summed E-state index contributed by atoms with van der Waals surface area (Å²) in [7, 11) is 0. The first-order valence-electron chi connectivity index (χ1n) is 6.83. The quantitative estimate of drug-likeness (QED) is 0.812. The van der Waals surface area contributed by atoms with Crippen LogP contribution in [0.25, 0.3) is 10.9 Å². The fraction of sp³-hybridized carbons (Fsp3) is 0.375. The van der Waals surface area contributed by atoms with Crippen LogP contribution in [0.3, 0.4) is 0 Å². The molecule has 112 valence electrons. The molecule has 1 aromatic carbocycles. The number of aromatic carboxylic acids is 1. The SMILES string of the molecule is Cc1ccc2[nH]c(C(=O)O)c(CNC(=O)C(C)(C)C)c2c1. The van der Waals surface area contributed by atoms with Gasteiger partial charge in [-0.2, -0.15) is 0 Å². The second kappa shape index (κ2) is 5.24. The van der Waals surface area contributed by atoms with Crippen molar-refractivity contribution in [2.24, 2.45) is 5.41 Å². The Labute approximate surface area is 123 Å². The van der Waals surface area contributed by atoms with Gasteiger partial charge in [-0.15, -0.1) is 0 Å². The normalized spacial score (nSPS) is 11.6. The van der Waals surface area contributed by atoms with Gasteiger partial charge < -0.3 is 15.4 Å². The van der Waals surface area contributed by atoms with E-state index in [1.165, 1.54) is 0 Å². The summed E-state index contributed by atoms with van der Waals surface area (Å²) in [6, 6.07) is 5.70. The fourth-order valence-electron chi connectivity index (χ4n) is 2.16. The van der Waals surface area contributed by atoms with E-state index >= 15 is 0 Å². The van der Waals surface area contributed by atoms with Crippen LogP contribution in [-0.2, 0) is 11.3 Å². The van der Waals surface area contributed by atoms with Gasteiger partial charge in [-0.3, -0.25) is 4.79 Å². The minimum Gasteiger partial charge on any atom is -0.477 e. The number of benzene rings is 1. The lowest BCUT2D eigenvalue weighted by atomic mass is 9.95. The lowest BCUT2D eigenvalue weighted by molar-refractivity contribution is -0.128. The molecular formula is C16H20N2O3. The van der Waals surface area contributed by atoms with Gasteiger partial charge in [0.2, 0.25) is 5.91 Å². The van der Waals surface area contributed by atoms with Gasteiger partial charge in [0.25, 0.3) is 0 Å². The van der Waals surface area contributed by atoms with E-state index in [0.717, 1.165) is 16.5 Å². The van der Waals surface area contributed by atoms with Crippen LogP contribution in [0.4, 0.5) is 0 Å². The number of carboxylic acids is 1. The average Bonchev–Trinajstić information content (AvgIpc) is 2.72. The number of carbonyl (C=O) groups is 2. The summed E-state index contributed by atoms with van der Waals surface area (Å²) in [5.41, 5.74) is 2.04. The van der Waals surface area contributed by atoms with Crippen molar-refractivity contribution >= 4 is 22.8 Å². The molecule has 2 rings (SSSR count). The molecule has 0 bridgehead atoms. The molecule has 0 spiro atoms. The zero-order valence-electron chi connectivity index (χ0n) is 12.7. The van der Waals surface area contributed by atoms with Gasteiger partial charge >= 0.3 is 5.97 Å². The molecule has 0 saturated carbocycles. The maximum Gasteiger partial charge on any atom is 0.352 e. The number of H-pyrrole nitrogens is 1. The third kappa shape index (κ3) is 3.07. The zero-order valence-corrected chi connectivity index (χ0v) is 12.7. The highest BCUT2D eigenvalue weighted by molar-refractivity contribution is 5.98. The van der Waals surface area contributed by atoms with E-state index < -0.39 is 11.4 Å². The molecule has 0 fully saturated rings. The highest BCUT2D eigenvalue weighted by Gasteiger charge is 2.23. The molecule has 0 saturated heterocycles. The molecule has 21 heavy (non-hydrogen) atoms. The van der Waals surface area contributed by atoms with E-state index in [2.05, 4.69) is 10.3 Å². The molecule has 1 aromatic heterocycles. The Hall–Kier alpha value is -2.30. The topological polar surface area (TPSA) is 82.2 Å². The highest BCUT2D eigenvalue weighted by Crippen LogP contribution is 2.24. The van der Waals surface area contributed by atoms with Crippen molar-refractivity contribution in [3.8, 4) is 0 Å². The van der Waals surface area contributed by atoms with E-state index in [1.54, 1.807) is 0 Å². The number of hydrogen-bond acceptors (Lipinski definition) is 2. The largest absolute Gasteiger partial charge is 0.477 e. The number of fused-ring (bicyclic) bond motifs is 1. The molecular weight excluding hydrogens is 268 g/mol. The molecule has 5 heteroatoms. The van der Waals surface area contributed by atoms with Crippen molar-refractivity contribution < 1.29 is 14.7 Å². The lowest BCUT2D eigenvalue weighted by Gasteiger charge is -2.17. The maximum atomic E-state index is 12.0. The van der Waals surface area contributed by atoms with Crippen molar-refractivity contribution in [1.82, 2.24) is 10.3 Å². The van der Waals surface area contributed by atoms with Gasteiger partial charge in [-0.05, 0) is 19.1 Å². The molecule has 0 aliphatic rings. The summed E-state index contributed by atoms with van der Waals surface area (Å²) >= 11 is 0. The highest BCUT2D eigenvalue weighted by atomic mass is 16.4. The lowest BCUT2D eigenvalue weighted by Crippen LogP contribution is -2.34. The summed E-state index contributed by atoms with van der Waals surface area (Å²) in [5, 5.41) is 13.0. The van der Waals surface area contributed by atoms with Crippen LogP contribution in [0.5, 0.6) is 0 Å². The summed E-state index contributed by atoms with van der Waals surface area (Å²) in [5.74, 6) is -1.13. The number of rotatable bonds is 3. The number of aromatic nitrogens is 1. The summed E-state index contributed by atoms with van der Waals surface area (Å²) in [6.45, 7) is 7.60. The van der Waals surface area contributed by atoms with E-state index in [4.69, 9.17) is 0 Å². The molecule has 5 nitrogen and oxygen atoms in total. The minimum absolute atomic E-state index is 0.110. The van der Waals surface area contributed by atoms with Crippen LogP contribution in [0, 0.1) is 12.3 Å². The van der Waals surface area contributed by atoms with E-state index in [1.807, 2.05) is 45.9 Å². The molecule has 3 N–H and O–H groups in total. The van der Waals surface area contributed by atoms with Crippen molar-refractivity contribution in [2.45, 2.75) is 34.2 Å². The number of aryl methyl sites for hydroxylation is 1. The number of aromatic amines is 1. The number of carboxylic acid groups (broad SMARTS) is 1. The first kappa shape index (κ1) is 15.1. The smallest absolute Gasteiger partial charge is 0.352 e. The predicted molar refractivity (Wildman–Crippen MR) is 81.3 cm³/mol. The molecule has 0 unspecified atom stereocenters. The molecule has 1 heterocycles. The minimum atomic E-state index is -1.02. The van der Waals surface area contributed by atoms with Gasteiger partial charge in [0.05, 0.1) is 0 Å². The Bertz CT molecular complexity index is 708. The number of carbonyl (C=O) groups excluding carboxylic acids is 1. The molecule has 0 aliphatic carbocycles. The van der Waals surface area contributed by atoms with Gasteiger partial charge in [0.15, 0.2) is 0 Å². The number of hydrogen-bond donors (Lipinski definition) is 3. The Morgan fingerprint density at radius 1 is 1.29 bits per heavy atom. The Kier molecular flexibility index (Phi) is 3.77. The summed E-state index contributed by atoms with van der Waals surface area (Å²) in [4.78, 5) is 26.3. The monoisotopic (exact) mass is 288 g/mol. The molecule has 0 aliphatic heterocycles. The van der Waals surface area contributed by atoms with Gasteiger partial charge in [0, 0.05) is 28.4 Å². The number of amides is 1. The van der Waals surface area contributed by atoms with Crippen molar-refractivity contribution in [1.29, 1.82) is 0 Å². The Morgan fingerprint density at radius 2 is 1.95 bits per heavy atom. The van der Waals surface area contributed by atoms with E-state index in [-0.39, 0.29) is 18.1 Å². The van der Waals surface area contributed by atoms with E-state index in [0.29, 0.717) is 5.56 Å². The molecule has 2 aromatic rings. The third-order valence-corrected chi connectivity index (χ3v) is 3.38. The summed E-state index contributed by atoms with van der Waals surface area (Å²) in [6.07, 6.45) is 0. The molecule has 1 amide bonds. The van der Waals surface area contributed by atoms with Crippen LogP contribution in [0.15, 0.2) is 18.2 Å². The van der Waals surface area contributed by atoms with Crippen LogP contribution in [-0.4, -0.2) is 22.0 Å². The van der Waals surface area contributed by atoms with Crippen LogP contribution in [0.1, 0.15) is 42.4 Å². The fourth-order valence-corrected chi connectivity index (χ4v) is 2.16. The molecule has 0 atom stereocenters. The second-order valence-corrected chi connectivity index (χ2v) is 6.27. The zero-order chi connectivity index (χ0) is 15.8. The standard InChI is InChI=1S/C16H20N2O3/c1-9-5-6-12-10(7-9)11(13(18-12)14(19)20)8-17-15(21)16(2,3)4/h5-7,18H,8H2,1-4H3,(H,17,21)(H,19,20). The van der Waals surface area contributed by atoms with Gasteiger partial charge in [-0.25, -0.2) is 4.79 Å². The maximum absolute atomic E-state index is 12.0. The first-order chi connectivity index (χ1) is 9.70. The van der Waals surface area contributed by atoms with Crippen molar-refractivity contribution in [3.05, 3.63) is 35.0 Å². The van der Waals surface area contributed by atoms with Crippen molar-refractivity contribution in [2.75, 3.05) is 0 Å². The Morgan fingerprint density at radius 3 is 2.52 bits per heavy atom. The predicted octanol–water partition coefficient (Wildman–Crippen LogP) is 2.84. The first-order valence-corrected chi connectivity index (χ1v) is 6.83. The Balaban J connectivity index is 2.41. The molecule has 0 radical (unpaired) electrons. The van der Waals surface area contributed by atoms with Crippen LogP contribution < -0.4 is 5.32 Å². The second-order valence-electron chi connectivity index (χ2n) is 6.27. The third-order valence-electron chi connectivity index (χ3n) is 3.38. The number of nitrogens with one attached hydrogen (secondary N) is 2. The summed E-state index contributed by atoms with van der Waals surface area (Å²) < 4.78 is 0. The van der Waals surface area contributed by atoms with Crippen LogP contribution in [0.2, 0.25) is 0 Å². The van der Waals surface area contributed by atoms with Gasteiger partial charge in [0.1, 0.15) is 5.69 Å².